The van der Waals surface area contributed by atoms with Crippen LogP contribution in [-0.2, 0) is 5.41 Å². The van der Waals surface area contributed by atoms with Crippen molar-refractivity contribution >= 4 is 130 Å². The molecule has 23 rings (SSSR count). The second-order valence-corrected chi connectivity index (χ2v) is 35.2. The Morgan fingerprint density at radius 2 is 0.384 bits per heavy atom. The second-order valence-electron chi connectivity index (χ2n) is 35.2. The zero-order valence-corrected chi connectivity index (χ0v) is 77.2. The van der Waals surface area contributed by atoms with Crippen LogP contribution in [0.3, 0.4) is 0 Å². The lowest BCUT2D eigenvalue weighted by atomic mass is 9.87. The Labute approximate surface area is 806 Å². The normalized spacial score (nSPS) is 11.2. The maximum Gasteiger partial charge on any atom is 0.137 e. The van der Waals surface area contributed by atoms with Gasteiger partial charge in [-0.25, -0.2) is 15.0 Å². The van der Waals surface area contributed by atoms with Crippen LogP contribution in [0.5, 0.6) is 0 Å². The number of hydrogen-bond donors (Lipinski definition) is 0. The lowest BCUT2D eigenvalue weighted by molar-refractivity contribution is 0.590. The van der Waals surface area contributed by atoms with E-state index in [2.05, 4.69) is 532 Å². The number of para-hydroxylation sites is 6. The molecule has 0 aliphatic carbocycles. The maximum absolute atomic E-state index is 4.85. The highest BCUT2D eigenvalue weighted by molar-refractivity contribution is 5.90. The number of aryl methyl sites for hydroxylation is 1. The van der Waals surface area contributed by atoms with Crippen LogP contribution in [0.1, 0.15) is 31.9 Å². The van der Waals surface area contributed by atoms with Gasteiger partial charge < -0.3 is 42.6 Å². The number of hydrogen-bond acceptors (Lipinski definition) is 9. The lowest BCUT2D eigenvalue weighted by Crippen LogP contribution is -2.13. The molecular weight excluding hydrogens is 1680 g/mol. The number of aromatic nitrogens is 6. The molecule has 0 unspecified atom stereocenters. The molecule has 12 nitrogen and oxygen atoms in total. The first-order valence-corrected chi connectivity index (χ1v) is 46.7. The van der Waals surface area contributed by atoms with E-state index in [1.165, 1.54) is 33.0 Å². The van der Waals surface area contributed by atoms with Gasteiger partial charge in [0.2, 0.25) is 0 Å². The Hall–Kier alpha value is -18.1. The van der Waals surface area contributed by atoms with Gasteiger partial charge in [0.15, 0.2) is 0 Å². The van der Waals surface area contributed by atoms with Gasteiger partial charge in [0.25, 0.3) is 0 Å². The van der Waals surface area contributed by atoms with Gasteiger partial charge in [0.05, 0.1) is 17.1 Å². The number of benzene rings is 17. The summed E-state index contributed by atoms with van der Waals surface area (Å²) in [6.07, 6.45) is 12.3. The summed E-state index contributed by atoms with van der Waals surface area (Å²) in [4.78, 5) is 28.3. The molecule has 23 aromatic rings. The van der Waals surface area contributed by atoms with Gasteiger partial charge in [-0.15, -0.1) is 0 Å². The Morgan fingerprint density at radius 1 is 0.181 bits per heavy atom. The fourth-order valence-electron chi connectivity index (χ4n) is 17.9. The molecule has 0 saturated heterocycles. The number of fused-ring (bicyclic) bond motifs is 4. The summed E-state index contributed by atoms with van der Waals surface area (Å²) in [5.74, 6) is 0. The Morgan fingerprint density at radius 3 is 0.638 bits per heavy atom. The molecule has 0 fully saturated rings. The first-order valence-electron chi connectivity index (χ1n) is 46.7. The van der Waals surface area contributed by atoms with Crippen LogP contribution in [0.25, 0.3) is 72.6 Å². The predicted octanol–water partition coefficient (Wildman–Crippen LogP) is 34.2. The summed E-state index contributed by atoms with van der Waals surface area (Å²) in [7, 11) is 0. The average Bonchev–Trinajstić information content (AvgIpc) is 1.05. The predicted molar refractivity (Wildman–Crippen MR) is 576 cm³/mol. The quantitative estimate of drug-likeness (QED) is 0.0660. The van der Waals surface area contributed by atoms with Crippen molar-refractivity contribution in [1.29, 1.82) is 0 Å². The third-order valence-corrected chi connectivity index (χ3v) is 25.0. The highest BCUT2D eigenvalue weighted by Gasteiger charge is 2.24. The van der Waals surface area contributed by atoms with E-state index in [1.807, 2.05) is 73.2 Å². The Balaban J connectivity index is 0.000000124. The second kappa shape index (κ2) is 39.3. The van der Waals surface area contributed by atoms with Crippen molar-refractivity contribution in [3.8, 4) is 44.9 Å². The largest absolute Gasteiger partial charge is 0.311 e. The van der Waals surface area contributed by atoms with E-state index in [0.29, 0.717) is 0 Å². The number of imidazole rings is 3. The zero-order valence-electron chi connectivity index (χ0n) is 77.2. The molecule has 664 valence electrons. The fraction of sp³-hybridized carbons (Fsp3) is 0.0397. The summed E-state index contributed by atoms with van der Waals surface area (Å²) in [6, 6.07) is 175. The van der Waals surface area contributed by atoms with Crippen LogP contribution in [0.4, 0.5) is 102 Å². The van der Waals surface area contributed by atoms with Crippen LogP contribution in [-0.4, -0.2) is 28.2 Å². The molecule has 12 heteroatoms. The molecule has 0 bridgehead atoms. The molecule has 0 aliphatic rings. The molecule has 0 N–H and O–H groups in total. The minimum atomic E-state index is 0.0824. The summed E-state index contributed by atoms with van der Waals surface area (Å²) in [5, 5.41) is 2.49. The third kappa shape index (κ3) is 19.0. The molecular formula is C126H100N12. The fourth-order valence-corrected chi connectivity index (χ4v) is 17.9. The van der Waals surface area contributed by atoms with Gasteiger partial charge in [-0.1, -0.05) is 263 Å². The van der Waals surface area contributed by atoms with Gasteiger partial charge >= 0.3 is 0 Å². The van der Waals surface area contributed by atoms with Crippen LogP contribution >= 0.6 is 0 Å². The minimum absolute atomic E-state index is 0.0824. The first-order chi connectivity index (χ1) is 67.9. The lowest BCUT2D eigenvalue weighted by Gasteiger charge is -2.29. The molecule has 0 radical (unpaired) electrons. The number of nitrogens with zero attached hydrogens (tertiary/aromatic N) is 12. The minimum Gasteiger partial charge on any atom is -0.311 e. The van der Waals surface area contributed by atoms with Crippen molar-refractivity contribution in [2.45, 2.75) is 33.1 Å². The van der Waals surface area contributed by atoms with E-state index in [9.17, 15) is 0 Å². The number of rotatable bonds is 22. The van der Waals surface area contributed by atoms with Crippen LogP contribution in [0.2, 0.25) is 0 Å². The summed E-state index contributed by atoms with van der Waals surface area (Å²) in [6.45, 7) is 8.87. The SMILES string of the molecule is CC(C)(C)c1ccc(N(c2ccc(-c3cn4ccccc4n3)cc2)c2ccc(N(c3ccccc3)c3ccccc3)cc2)cc1.Cc1ccc(N(c2ccc(-c3cn4ccccc4n3)cc2)c2ccc(N(c3ccccc3)c3ccccc3)cc2)cc1.c1ccc(N(c2ccccc2)c2ccc(N(c3ccc(-c4ccc5ccccc5c4)cc3)c3ccc(-c4cn5ccccc5n4)cc3)cc2)cc1. The molecule has 6 aromatic heterocycles. The summed E-state index contributed by atoms with van der Waals surface area (Å²) in [5.41, 5.74) is 33.7. The van der Waals surface area contributed by atoms with Crippen molar-refractivity contribution in [2.24, 2.45) is 0 Å². The van der Waals surface area contributed by atoms with E-state index >= 15 is 0 Å². The first kappa shape index (κ1) is 86.6. The molecule has 138 heavy (non-hydrogen) atoms. The molecule has 0 amide bonds. The molecule has 6 heterocycles. The van der Waals surface area contributed by atoms with Crippen LogP contribution < -0.4 is 29.4 Å². The van der Waals surface area contributed by atoms with E-state index < -0.39 is 0 Å². The van der Waals surface area contributed by atoms with E-state index in [4.69, 9.17) is 15.0 Å². The van der Waals surface area contributed by atoms with Crippen molar-refractivity contribution in [3.05, 3.63) is 546 Å². The highest BCUT2D eigenvalue weighted by atomic mass is 15.2. The van der Waals surface area contributed by atoms with E-state index in [0.717, 1.165) is 153 Å². The molecule has 0 saturated carbocycles. The summed E-state index contributed by atoms with van der Waals surface area (Å²) >= 11 is 0. The van der Waals surface area contributed by atoms with Crippen LogP contribution in [0, 0.1) is 6.92 Å². The van der Waals surface area contributed by atoms with Gasteiger partial charge in [-0.2, -0.15) is 0 Å². The van der Waals surface area contributed by atoms with Crippen molar-refractivity contribution in [1.82, 2.24) is 28.2 Å². The third-order valence-electron chi connectivity index (χ3n) is 25.0. The van der Waals surface area contributed by atoms with Crippen LogP contribution in [0.15, 0.2) is 535 Å². The van der Waals surface area contributed by atoms with Gasteiger partial charge in [0.1, 0.15) is 16.9 Å². The topological polar surface area (TPSA) is 71.3 Å². The maximum atomic E-state index is 4.85. The van der Waals surface area contributed by atoms with Gasteiger partial charge in [0, 0.05) is 156 Å². The highest BCUT2D eigenvalue weighted by Crippen LogP contribution is 2.46. The monoisotopic (exact) mass is 1780 g/mol. The zero-order chi connectivity index (χ0) is 93.1. The standard InChI is InChI=1S/C47H34N4.C41H36N4.C38H30N4/c1-3-13-40(14-4-1)50(41-15-5-2-6-16-41)44-28-30-45(31-29-44)51(43-26-22-37(23-27-43)46-34-49-32-10-9-17-47(49)48-46)42-24-20-36(21-25-42)39-19-18-35-11-7-8-12-38(35)33-39;1-41(2,3)32-19-23-36(24-20-32)45(35-21-17-31(18-22-35)39-30-43-29-11-10-16-40(43)42-39)38-27-25-37(26-28-38)44(33-12-6-4-7-13-33)34-14-8-5-9-15-34;1-29-15-19-33(20-16-29)42(34-21-17-30(18-22-34)37-28-40-27-9-8-14-38(40)39-37)36-25-23-35(24-26-36)41(31-10-4-2-5-11-31)32-12-6-3-7-13-32/h1-34H;4-30H,1-3H3;2-28H,1H3. The van der Waals surface area contributed by atoms with Crippen molar-refractivity contribution < 1.29 is 0 Å². The summed E-state index contributed by atoms with van der Waals surface area (Å²) < 4.78 is 6.17. The Bertz CT molecular complexity index is 7760. The smallest absolute Gasteiger partial charge is 0.137 e. The van der Waals surface area contributed by atoms with E-state index in [-0.39, 0.29) is 5.41 Å². The average molecular weight is 1780 g/mol. The van der Waals surface area contributed by atoms with Gasteiger partial charge in [-0.3, -0.25) is 0 Å². The van der Waals surface area contributed by atoms with Crippen molar-refractivity contribution in [3.63, 3.8) is 0 Å². The number of pyridine rings is 3. The Kier molecular flexibility index (Phi) is 24.7. The molecule has 0 aliphatic heterocycles. The van der Waals surface area contributed by atoms with Crippen molar-refractivity contribution in [2.75, 3.05) is 29.4 Å². The molecule has 0 spiro atoms. The number of anilines is 18. The molecule has 0 atom stereocenters. The van der Waals surface area contributed by atoms with E-state index in [1.54, 1.807) is 0 Å². The van der Waals surface area contributed by atoms with Gasteiger partial charge in [-0.05, 0) is 301 Å². The molecule has 17 aromatic carbocycles.